The number of nitrogens with zero attached hydrogens (tertiary/aromatic N) is 2. The standard InChI is InChI=1S/C18H23N3/c1-12(21-17-3-2-13(10-19)11-20-17)18-7-14-4-15(8-18)6-16(5-14)9-18/h2-3,11-12,14-16H,4-9H2,1H3,(H,20,21). The summed E-state index contributed by atoms with van der Waals surface area (Å²) in [6.07, 6.45) is 10.3. The fourth-order valence-corrected chi connectivity index (χ4v) is 5.63. The van der Waals surface area contributed by atoms with E-state index >= 15 is 0 Å². The lowest BCUT2D eigenvalue weighted by Crippen LogP contribution is -2.52. The van der Waals surface area contributed by atoms with Crippen molar-refractivity contribution in [3.05, 3.63) is 23.9 Å². The van der Waals surface area contributed by atoms with Crippen molar-refractivity contribution < 1.29 is 0 Å². The minimum absolute atomic E-state index is 0.478. The maximum absolute atomic E-state index is 8.85. The summed E-state index contributed by atoms with van der Waals surface area (Å²) in [6, 6.07) is 6.39. The topological polar surface area (TPSA) is 48.7 Å². The average molecular weight is 281 g/mol. The van der Waals surface area contributed by atoms with Crippen LogP contribution in [-0.2, 0) is 0 Å². The molecule has 3 heteroatoms. The highest BCUT2D eigenvalue weighted by Crippen LogP contribution is 2.61. The zero-order chi connectivity index (χ0) is 14.4. The molecule has 3 nitrogen and oxygen atoms in total. The van der Waals surface area contributed by atoms with E-state index in [0.29, 0.717) is 17.0 Å². The summed E-state index contributed by atoms with van der Waals surface area (Å²) < 4.78 is 0. The second-order valence-electron chi connectivity index (χ2n) is 7.69. The van der Waals surface area contributed by atoms with Crippen LogP contribution in [0.2, 0.25) is 0 Å². The van der Waals surface area contributed by atoms with Crippen molar-refractivity contribution in [3.8, 4) is 6.07 Å². The van der Waals surface area contributed by atoms with Gasteiger partial charge in [-0.25, -0.2) is 4.98 Å². The molecular weight excluding hydrogens is 258 g/mol. The Kier molecular flexibility index (Phi) is 2.96. The van der Waals surface area contributed by atoms with Crippen LogP contribution in [0.15, 0.2) is 18.3 Å². The molecule has 0 radical (unpaired) electrons. The predicted molar refractivity (Wildman–Crippen MR) is 82.6 cm³/mol. The minimum Gasteiger partial charge on any atom is -0.367 e. The molecule has 0 spiro atoms. The molecule has 1 unspecified atom stereocenters. The largest absolute Gasteiger partial charge is 0.367 e. The lowest BCUT2D eigenvalue weighted by molar-refractivity contribution is -0.0603. The molecule has 1 N–H and O–H groups in total. The first kappa shape index (κ1) is 13.1. The van der Waals surface area contributed by atoms with Crippen molar-refractivity contribution in [3.63, 3.8) is 0 Å². The van der Waals surface area contributed by atoms with E-state index in [4.69, 9.17) is 5.26 Å². The number of pyridine rings is 1. The zero-order valence-corrected chi connectivity index (χ0v) is 12.7. The van der Waals surface area contributed by atoms with Gasteiger partial charge in [0.1, 0.15) is 11.9 Å². The van der Waals surface area contributed by atoms with E-state index in [1.54, 1.807) is 6.20 Å². The number of rotatable bonds is 3. The summed E-state index contributed by atoms with van der Waals surface area (Å²) in [7, 11) is 0. The fraction of sp³-hybridized carbons (Fsp3) is 0.667. The highest BCUT2D eigenvalue weighted by atomic mass is 15.0. The number of nitriles is 1. The smallest absolute Gasteiger partial charge is 0.126 e. The van der Waals surface area contributed by atoms with Crippen molar-refractivity contribution >= 4 is 5.82 Å². The van der Waals surface area contributed by atoms with Gasteiger partial charge in [0.15, 0.2) is 0 Å². The molecule has 21 heavy (non-hydrogen) atoms. The first-order valence-electron chi connectivity index (χ1n) is 8.29. The maximum atomic E-state index is 8.85. The SMILES string of the molecule is CC(Nc1ccc(C#N)cn1)C12CC3CC(CC(C3)C1)C2. The van der Waals surface area contributed by atoms with Gasteiger partial charge in [0.2, 0.25) is 0 Å². The summed E-state index contributed by atoms with van der Waals surface area (Å²) in [5.41, 5.74) is 1.12. The van der Waals surface area contributed by atoms with Gasteiger partial charge in [0.25, 0.3) is 0 Å². The summed E-state index contributed by atoms with van der Waals surface area (Å²) in [4.78, 5) is 4.38. The molecule has 4 aliphatic carbocycles. The second kappa shape index (κ2) is 4.73. The van der Waals surface area contributed by atoms with Gasteiger partial charge in [0.05, 0.1) is 5.56 Å². The van der Waals surface area contributed by atoms with Gasteiger partial charge in [-0.2, -0.15) is 5.26 Å². The van der Waals surface area contributed by atoms with Crippen molar-refractivity contribution in [2.45, 2.75) is 51.5 Å². The average Bonchev–Trinajstić information content (AvgIpc) is 2.46. The van der Waals surface area contributed by atoms with E-state index in [-0.39, 0.29) is 0 Å². The molecule has 1 aromatic heterocycles. The molecule has 4 bridgehead atoms. The molecular formula is C18H23N3. The Balaban J connectivity index is 1.51. The summed E-state index contributed by atoms with van der Waals surface area (Å²) >= 11 is 0. The number of nitrogens with one attached hydrogen (secondary N) is 1. The monoisotopic (exact) mass is 281 g/mol. The van der Waals surface area contributed by atoms with Gasteiger partial charge in [-0.05, 0) is 80.8 Å². The highest BCUT2D eigenvalue weighted by molar-refractivity contribution is 5.40. The molecule has 1 atom stereocenters. The lowest BCUT2D eigenvalue weighted by Gasteiger charge is -2.59. The number of hydrogen-bond acceptors (Lipinski definition) is 3. The molecule has 4 fully saturated rings. The Labute approximate surface area is 126 Å². The van der Waals surface area contributed by atoms with Gasteiger partial charge in [-0.1, -0.05) is 0 Å². The molecule has 5 rings (SSSR count). The Morgan fingerprint density at radius 1 is 1.19 bits per heavy atom. The van der Waals surface area contributed by atoms with Gasteiger partial charge in [-0.3, -0.25) is 0 Å². The van der Waals surface area contributed by atoms with Crippen LogP contribution in [0.25, 0.3) is 0 Å². The number of anilines is 1. The quantitative estimate of drug-likeness (QED) is 0.912. The molecule has 4 saturated carbocycles. The van der Waals surface area contributed by atoms with Gasteiger partial charge >= 0.3 is 0 Å². The first-order valence-corrected chi connectivity index (χ1v) is 8.29. The molecule has 110 valence electrons. The fourth-order valence-electron chi connectivity index (χ4n) is 5.63. The third-order valence-electron chi connectivity index (χ3n) is 6.26. The van der Waals surface area contributed by atoms with E-state index in [1.165, 1.54) is 38.5 Å². The van der Waals surface area contributed by atoms with E-state index in [1.807, 2.05) is 12.1 Å². The van der Waals surface area contributed by atoms with Crippen molar-refractivity contribution in [2.75, 3.05) is 5.32 Å². The van der Waals surface area contributed by atoms with Crippen LogP contribution in [0.5, 0.6) is 0 Å². The van der Waals surface area contributed by atoms with Crippen LogP contribution in [0.4, 0.5) is 5.82 Å². The highest BCUT2D eigenvalue weighted by Gasteiger charge is 2.53. The van der Waals surface area contributed by atoms with Crippen LogP contribution in [0.1, 0.15) is 51.0 Å². The van der Waals surface area contributed by atoms with Crippen LogP contribution in [0, 0.1) is 34.5 Å². The third-order valence-corrected chi connectivity index (χ3v) is 6.26. The van der Waals surface area contributed by atoms with Gasteiger partial charge in [0, 0.05) is 12.2 Å². The lowest BCUT2D eigenvalue weighted by atomic mass is 9.48. The van der Waals surface area contributed by atoms with Gasteiger partial charge in [-0.15, -0.1) is 0 Å². The van der Waals surface area contributed by atoms with Crippen LogP contribution >= 0.6 is 0 Å². The van der Waals surface area contributed by atoms with E-state index in [2.05, 4.69) is 23.3 Å². The van der Waals surface area contributed by atoms with E-state index in [9.17, 15) is 0 Å². The Morgan fingerprint density at radius 3 is 2.29 bits per heavy atom. The molecule has 1 aromatic rings. The second-order valence-corrected chi connectivity index (χ2v) is 7.69. The first-order chi connectivity index (χ1) is 10.2. The van der Waals surface area contributed by atoms with Crippen molar-refractivity contribution in [1.82, 2.24) is 4.98 Å². The van der Waals surface area contributed by atoms with Crippen LogP contribution in [0.3, 0.4) is 0 Å². The Morgan fingerprint density at radius 2 is 1.81 bits per heavy atom. The number of hydrogen-bond donors (Lipinski definition) is 1. The minimum atomic E-state index is 0.478. The van der Waals surface area contributed by atoms with Crippen LogP contribution in [-0.4, -0.2) is 11.0 Å². The van der Waals surface area contributed by atoms with E-state index < -0.39 is 0 Å². The molecule has 0 saturated heterocycles. The molecule has 4 aliphatic rings. The third kappa shape index (κ3) is 2.21. The summed E-state index contributed by atoms with van der Waals surface area (Å²) in [6.45, 7) is 2.34. The summed E-state index contributed by atoms with van der Waals surface area (Å²) in [5.74, 6) is 3.86. The molecule has 0 aromatic carbocycles. The van der Waals surface area contributed by atoms with Crippen LogP contribution < -0.4 is 5.32 Å². The zero-order valence-electron chi connectivity index (χ0n) is 12.7. The Hall–Kier alpha value is -1.56. The maximum Gasteiger partial charge on any atom is 0.126 e. The predicted octanol–water partition coefficient (Wildman–Crippen LogP) is 3.97. The molecule has 0 amide bonds. The van der Waals surface area contributed by atoms with Gasteiger partial charge < -0.3 is 5.32 Å². The summed E-state index contributed by atoms with van der Waals surface area (Å²) in [5, 5.41) is 12.5. The number of aromatic nitrogens is 1. The van der Waals surface area contributed by atoms with E-state index in [0.717, 1.165) is 23.6 Å². The normalized spacial score (nSPS) is 38.0. The molecule has 1 heterocycles. The van der Waals surface area contributed by atoms with Crippen molar-refractivity contribution in [1.29, 1.82) is 5.26 Å². The molecule has 0 aliphatic heterocycles. The van der Waals surface area contributed by atoms with Crippen molar-refractivity contribution in [2.24, 2.45) is 23.2 Å². The Bertz CT molecular complexity index is 534.